The van der Waals surface area contributed by atoms with Gasteiger partial charge in [-0.15, -0.1) is 0 Å². The van der Waals surface area contributed by atoms with Gasteiger partial charge in [-0.05, 0) is 90.3 Å². The van der Waals surface area contributed by atoms with Gasteiger partial charge in [-0.3, -0.25) is 0 Å². The van der Waals surface area contributed by atoms with Gasteiger partial charge in [0.2, 0.25) is 0 Å². The van der Waals surface area contributed by atoms with Crippen LogP contribution in [0.2, 0.25) is 0 Å². The summed E-state index contributed by atoms with van der Waals surface area (Å²) in [5, 5.41) is 9.42. The predicted octanol–water partition coefficient (Wildman–Crippen LogP) is 12.4. The lowest BCUT2D eigenvalue weighted by atomic mass is 9.83. The summed E-state index contributed by atoms with van der Waals surface area (Å²) in [4.78, 5) is 0. The molecule has 8 aromatic carbocycles. The summed E-state index contributed by atoms with van der Waals surface area (Å²) >= 11 is 0. The average molecular weight is 562 g/mol. The second-order valence-corrected chi connectivity index (χ2v) is 11.6. The summed E-state index contributed by atoms with van der Waals surface area (Å²) in [6, 6.07) is 52.2. The highest BCUT2D eigenvalue weighted by Gasteiger charge is 2.22. The largest absolute Gasteiger partial charge is 0.456 e. The van der Waals surface area contributed by atoms with Crippen molar-refractivity contribution >= 4 is 54.3 Å². The molecule has 0 saturated heterocycles. The van der Waals surface area contributed by atoms with Gasteiger partial charge in [0.1, 0.15) is 11.2 Å². The van der Waals surface area contributed by atoms with Crippen molar-refractivity contribution in [2.45, 2.75) is 6.92 Å². The van der Waals surface area contributed by atoms with Gasteiger partial charge < -0.3 is 4.42 Å². The van der Waals surface area contributed by atoms with Crippen molar-refractivity contribution in [1.82, 2.24) is 0 Å². The summed E-state index contributed by atoms with van der Waals surface area (Å²) in [5.41, 5.74) is 10.2. The second kappa shape index (κ2) is 9.69. The number of hydrogen-bond donors (Lipinski definition) is 0. The smallest absolute Gasteiger partial charge is 0.138 e. The summed E-state index contributed by atoms with van der Waals surface area (Å²) in [6.07, 6.45) is 0. The van der Waals surface area contributed by atoms with E-state index in [4.69, 9.17) is 5.79 Å². The van der Waals surface area contributed by atoms with Crippen LogP contribution in [-0.4, -0.2) is 0 Å². The molecule has 0 aliphatic heterocycles. The van der Waals surface area contributed by atoms with Crippen LogP contribution in [0.4, 0.5) is 0 Å². The van der Waals surface area contributed by atoms with Crippen LogP contribution >= 0.6 is 0 Å². The van der Waals surface area contributed by atoms with E-state index in [9.17, 15) is 0 Å². The quantitative estimate of drug-likeness (QED) is 0.196. The van der Waals surface area contributed by atoms with Gasteiger partial charge in [0.25, 0.3) is 0 Å². The first-order valence-corrected chi connectivity index (χ1v) is 15.1. The molecule has 0 aliphatic carbocycles. The Morgan fingerprint density at radius 1 is 0.477 bits per heavy atom. The number of rotatable bonds is 3. The van der Waals surface area contributed by atoms with Crippen LogP contribution in [0.25, 0.3) is 87.6 Å². The van der Waals surface area contributed by atoms with E-state index in [0.717, 1.165) is 38.5 Å². The van der Waals surface area contributed by atoms with Crippen molar-refractivity contribution in [2.75, 3.05) is 0 Å². The third-order valence-corrected chi connectivity index (χ3v) is 9.12. The molecule has 0 N–H and O–H groups in total. The van der Waals surface area contributed by atoms with Gasteiger partial charge in [0.15, 0.2) is 0 Å². The number of fused-ring (bicyclic) bond motifs is 6. The normalized spacial score (nSPS) is 12.1. The van der Waals surface area contributed by atoms with Crippen molar-refractivity contribution in [3.05, 3.63) is 157 Å². The molecule has 44 heavy (non-hydrogen) atoms. The maximum absolute atomic E-state index is 8.05. The summed E-state index contributed by atoms with van der Waals surface area (Å²) in [6.45, 7) is 2.13. The Balaban J connectivity index is 1.39. The van der Waals surface area contributed by atoms with Crippen LogP contribution in [0.1, 0.15) is 6.93 Å². The molecule has 0 bridgehead atoms. The first-order valence-electron chi connectivity index (χ1n) is 15.6. The van der Waals surface area contributed by atoms with E-state index in [1.165, 1.54) is 54.7 Å². The molecule has 9 rings (SSSR count). The molecular formula is C43H28O. The minimum absolute atomic E-state index is 0.531. The lowest BCUT2D eigenvalue weighted by Gasteiger charge is -2.20. The molecule has 0 atom stereocenters. The third kappa shape index (κ3) is 3.66. The standard InChI is InChI=1S/C43H28O/c1-27-22-25-38(42-37-20-10-11-21-39(37)44-43(27)42)41-35-18-8-6-16-33(35)40(34-17-7-9-19-36(34)41)32-15-5-4-14-31(32)30-24-23-28-12-2-3-13-29(28)26-30/h2-26H,1H3/i2D. The lowest BCUT2D eigenvalue weighted by molar-refractivity contribution is 0.666. The van der Waals surface area contributed by atoms with Gasteiger partial charge in [-0.2, -0.15) is 0 Å². The van der Waals surface area contributed by atoms with Crippen molar-refractivity contribution in [1.29, 1.82) is 0 Å². The van der Waals surface area contributed by atoms with Gasteiger partial charge in [0.05, 0.1) is 1.37 Å². The first kappa shape index (κ1) is 23.9. The van der Waals surface area contributed by atoms with E-state index in [1.54, 1.807) is 0 Å². The Labute approximate surface area is 257 Å². The summed E-state index contributed by atoms with van der Waals surface area (Å²) < 4.78 is 14.5. The lowest BCUT2D eigenvalue weighted by Crippen LogP contribution is -1.93. The topological polar surface area (TPSA) is 13.1 Å². The molecule has 0 aliphatic rings. The van der Waals surface area contributed by atoms with E-state index in [-0.39, 0.29) is 0 Å². The van der Waals surface area contributed by atoms with Gasteiger partial charge in [-0.25, -0.2) is 0 Å². The summed E-state index contributed by atoms with van der Waals surface area (Å²) in [5.74, 6) is 0. The Morgan fingerprint density at radius 3 is 1.82 bits per heavy atom. The number of furan rings is 1. The van der Waals surface area contributed by atoms with Crippen LogP contribution in [-0.2, 0) is 0 Å². The predicted molar refractivity (Wildman–Crippen MR) is 187 cm³/mol. The highest BCUT2D eigenvalue weighted by atomic mass is 16.3. The van der Waals surface area contributed by atoms with Crippen molar-refractivity contribution < 1.29 is 5.79 Å². The molecule has 0 radical (unpaired) electrons. The highest BCUT2D eigenvalue weighted by Crippen LogP contribution is 2.48. The Bertz CT molecular complexity index is 2570. The molecule has 0 saturated carbocycles. The SMILES string of the molecule is [2H]c1ccc2cc(-c3ccccc3-c3c4ccccc4c(-c4ccc(C)c5oc6ccccc6c45)c4ccccc34)ccc2c1. The molecular weight excluding hydrogens is 532 g/mol. The van der Waals surface area contributed by atoms with E-state index in [0.29, 0.717) is 6.04 Å². The molecule has 1 heterocycles. The molecule has 9 aromatic rings. The minimum atomic E-state index is 0.531. The second-order valence-electron chi connectivity index (χ2n) is 11.6. The van der Waals surface area contributed by atoms with Crippen molar-refractivity contribution in [3.8, 4) is 33.4 Å². The van der Waals surface area contributed by atoms with Crippen LogP contribution < -0.4 is 0 Å². The molecule has 0 unspecified atom stereocenters. The van der Waals surface area contributed by atoms with Gasteiger partial charge in [-0.1, -0.05) is 140 Å². The molecule has 1 heteroatoms. The van der Waals surface area contributed by atoms with E-state index >= 15 is 0 Å². The van der Waals surface area contributed by atoms with E-state index in [2.05, 4.69) is 128 Å². The van der Waals surface area contributed by atoms with Crippen LogP contribution in [0.15, 0.2) is 156 Å². The van der Waals surface area contributed by atoms with Crippen molar-refractivity contribution in [3.63, 3.8) is 0 Å². The number of hydrogen-bond acceptors (Lipinski definition) is 1. The molecule has 1 nitrogen and oxygen atoms in total. The molecule has 0 spiro atoms. The maximum Gasteiger partial charge on any atom is 0.138 e. The zero-order valence-electron chi connectivity index (χ0n) is 25.3. The van der Waals surface area contributed by atoms with E-state index < -0.39 is 0 Å². The number of benzene rings is 8. The molecule has 206 valence electrons. The Morgan fingerprint density at radius 2 is 1.09 bits per heavy atom. The molecule has 0 amide bonds. The summed E-state index contributed by atoms with van der Waals surface area (Å²) in [7, 11) is 0. The fraction of sp³-hybridized carbons (Fsp3) is 0.0233. The van der Waals surface area contributed by atoms with Crippen LogP contribution in [0.3, 0.4) is 0 Å². The molecule has 1 aromatic heterocycles. The zero-order valence-corrected chi connectivity index (χ0v) is 24.3. The zero-order chi connectivity index (χ0) is 30.1. The fourth-order valence-electron chi connectivity index (χ4n) is 7.12. The average Bonchev–Trinajstić information content (AvgIpc) is 3.48. The third-order valence-electron chi connectivity index (χ3n) is 9.12. The van der Waals surface area contributed by atoms with Crippen LogP contribution in [0.5, 0.6) is 0 Å². The van der Waals surface area contributed by atoms with E-state index in [1.807, 2.05) is 24.3 Å². The van der Waals surface area contributed by atoms with Gasteiger partial charge >= 0.3 is 0 Å². The van der Waals surface area contributed by atoms with Crippen molar-refractivity contribution in [2.24, 2.45) is 0 Å². The monoisotopic (exact) mass is 561 g/mol. The maximum atomic E-state index is 8.05. The minimum Gasteiger partial charge on any atom is -0.456 e. The number of para-hydroxylation sites is 1. The van der Waals surface area contributed by atoms with Crippen LogP contribution in [0, 0.1) is 6.92 Å². The number of aryl methyl sites for hydroxylation is 1. The van der Waals surface area contributed by atoms with Gasteiger partial charge in [0, 0.05) is 10.8 Å². The molecule has 0 fully saturated rings. The highest BCUT2D eigenvalue weighted by molar-refractivity contribution is 6.26. The Kier molecular flexibility index (Phi) is 5.25. The first-order chi connectivity index (χ1) is 22.2. The Hall–Kier alpha value is -5.66. The fourth-order valence-corrected chi connectivity index (χ4v) is 7.12.